The molecule has 1 atom stereocenters. The van der Waals surface area contributed by atoms with Crippen LogP contribution in [0.3, 0.4) is 0 Å². The van der Waals surface area contributed by atoms with Gasteiger partial charge in [0.2, 0.25) is 5.54 Å². The van der Waals surface area contributed by atoms with Gasteiger partial charge in [0.15, 0.2) is 0 Å². The minimum absolute atomic E-state index is 0.103. The maximum Gasteiger partial charge on any atom is 0.408 e. The Morgan fingerprint density at radius 3 is 2.19 bits per heavy atom. The van der Waals surface area contributed by atoms with E-state index in [4.69, 9.17) is 9.84 Å². The lowest BCUT2D eigenvalue weighted by molar-refractivity contribution is -0.561. The van der Waals surface area contributed by atoms with Crippen molar-refractivity contribution in [3.8, 4) is 0 Å². The van der Waals surface area contributed by atoms with Crippen molar-refractivity contribution in [2.24, 2.45) is 0 Å². The number of hydrogen-bond donors (Lipinski definition) is 2. The SMILES string of the molecule is CC(C)(C)OC(=O)NC(CCCC(C)(C)[N+](=O)[O-])C(=O)O. The summed E-state index contributed by atoms with van der Waals surface area (Å²) in [5, 5.41) is 22.1. The van der Waals surface area contributed by atoms with Crippen molar-refractivity contribution < 1.29 is 24.4 Å². The molecule has 0 aliphatic heterocycles. The monoisotopic (exact) mass is 304 g/mol. The average molecular weight is 304 g/mol. The van der Waals surface area contributed by atoms with Crippen LogP contribution >= 0.6 is 0 Å². The summed E-state index contributed by atoms with van der Waals surface area (Å²) in [4.78, 5) is 33.0. The summed E-state index contributed by atoms with van der Waals surface area (Å²) < 4.78 is 4.98. The molecule has 0 saturated heterocycles. The third kappa shape index (κ3) is 8.11. The third-order valence-electron chi connectivity index (χ3n) is 2.76. The zero-order valence-corrected chi connectivity index (χ0v) is 13.1. The number of aliphatic carboxylic acids is 1. The standard InChI is InChI=1S/C13H24N2O6/c1-12(2,3)21-11(18)14-9(10(16)17)7-6-8-13(4,5)15(19)20/h9H,6-8H2,1-5H3,(H,14,18)(H,16,17). The van der Waals surface area contributed by atoms with Crippen LogP contribution in [0.15, 0.2) is 0 Å². The molecular weight excluding hydrogens is 280 g/mol. The molecule has 8 heteroatoms. The minimum Gasteiger partial charge on any atom is -0.480 e. The Morgan fingerprint density at radius 1 is 1.29 bits per heavy atom. The first-order valence-corrected chi connectivity index (χ1v) is 6.72. The van der Waals surface area contributed by atoms with Crippen LogP contribution in [-0.2, 0) is 9.53 Å². The maximum atomic E-state index is 11.5. The zero-order valence-electron chi connectivity index (χ0n) is 13.1. The molecule has 0 radical (unpaired) electrons. The summed E-state index contributed by atoms with van der Waals surface area (Å²) in [6.45, 7) is 7.96. The van der Waals surface area contributed by atoms with Crippen molar-refractivity contribution in [2.45, 2.75) is 71.1 Å². The smallest absolute Gasteiger partial charge is 0.408 e. The first-order chi connectivity index (χ1) is 9.35. The molecule has 0 aliphatic rings. The second-order valence-corrected chi connectivity index (χ2v) is 6.50. The van der Waals surface area contributed by atoms with E-state index in [1.54, 1.807) is 20.8 Å². The largest absolute Gasteiger partial charge is 0.480 e. The van der Waals surface area contributed by atoms with Crippen LogP contribution in [0.2, 0.25) is 0 Å². The van der Waals surface area contributed by atoms with Crippen LogP contribution in [-0.4, -0.2) is 39.3 Å². The molecule has 0 bridgehead atoms. The first-order valence-electron chi connectivity index (χ1n) is 6.72. The number of alkyl carbamates (subject to hydrolysis) is 1. The van der Waals surface area contributed by atoms with Gasteiger partial charge in [-0.1, -0.05) is 0 Å². The van der Waals surface area contributed by atoms with Gasteiger partial charge in [-0.15, -0.1) is 0 Å². The molecule has 0 aromatic heterocycles. The predicted molar refractivity (Wildman–Crippen MR) is 75.7 cm³/mol. The third-order valence-corrected chi connectivity index (χ3v) is 2.76. The Bertz CT molecular complexity index is 400. The van der Waals surface area contributed by atoms with Crippen LogP contribution in [0.4, 0.5) is 4.79 Å². The van der Waals surface area contributed by atoms with E-state index in [1.807, 2.05) is 0 Å². The maximum absolute atomic E-state index is 11.5. The van der Waals surface area contributed by atoms with Gasteiger partial charge in [-0.25, -0.2) is 9.59 Å². The Hall–Kier alpha value is -1.86. The molecular formula is C13H24N2O6. The molecule has 0 spiro atoms. The van der Waals surface area contributed by atoms with Crippen molar-refractivity contribution in [3.05, 3.63) is 10.1 Å². The number of ether oxygens (including phenoxy) is 1. The van der Waals surface area contributed by atoms with Crippen LogP contribution in [0, 0.1) is 10.1 Å². The molecule has 1 amide bonds. The van der Waals surface area contributed by atoms with Crippen molar-refractivity contribution in [1.82, 2.24) is 5.32 Å². The van der Waals surface area contributed by atoms with Crippen molar-refractivity contribution in [1.29, 1.82) is 0 Å². The Labute approximate surface area is 124 Å². The molecule has 122 valence electrons. The van der Waals surface area contributed by atoms with Crippen molar-refractivity contribution in [2.75, 3.05) is 0 Å². The average Bonchev–Trinajstić information content (AvgIpc) is 2.24. The normalized spacial score (nSPS) is 13.4. The highest BCUT2D eigenvalue weighted by molar-refractivity contribution is 5.79. The van der Waals surface area contributed by atoms with Crippen molar-refractivity contribution in [3.63, 3.8) is 0 Å². The van der Waals surface area contributed by atoms with Gasteiger partial charge >= 0.3 is 12.1 Å². The molecule has 0 rings (SSSR count). The number of carboxylic acid groups (broad SMARTS) is 1. The highest BCUT2D eigenvalue weighted by Crippen LogP contribution is 2.17. The molecule has 0 heterocycles. The Kier molecular flexibility index (Phi) is 6.59. The molecule has 0 aromatic rings. The van der Waals surface area contributed by atoms with Gasteiger partial charge in [0.05, 0.1) is 0 Å². The van der Waals surface area contributed by atoms with Gasteiger partial charge in [-0.2, -0.15) is 0 Å². The minimum atomic E-state index is -1.19. The fourth-order valence-electron chi connectivity index (χ4n) is 1.54. The van der Waals surface area contributed by atoms with Crippen LogP contribution in [0.25, 0.3) is 0 Å². The van der Waals surface area contributed by atoms with Gasteiger partial charge < -0.3 is 15.2 Å². The fourth-order valence-corrected chi connectivity index (χ4v) is 1.54. The summed E-state index contributed by atoms with van der Waals surface area (Å²) in [6, 6.07) is -1.12. The van der Waals surface area contributed by atoms with E-state index in [9.17, 15) is 19.7 Å². The van der Waals surface area contributed by atoms with Gasteiger partial charge in [0, 0.05) is 25.2 Å². The van der Waals surface area contributed by atoms with Crippen LogP contribution in [0.5, 0.6) is 0 Å². The second-order valence-electron chi connectivity index (χ2n) is 6.50. The molecule has 0 fully saturated rings. The lowest BCUT2D eigenvalue weighted by atomic mass is 9.96. The van der Waals surface area contributed by atoms with E-state index in [2.05, 4.69) is 5.32 Å². The first kappa shape index (κ1) is 19.1. The predicted octanol–water partition coefficient (Wildman–Crippen LogP) is 2.19. The molecule has 2 N–H and O–H groups in total. The number of nitro groups is 1. The second kappa shape index (κ2) is 7.24. The molecule has 0 aromatic carbocycles. The highest BCUT2D eigenvalue weighted by Gasteiger charge is 2.31. The van der Waals surface area contributed by atoms with E-state index in [1.165, 1.54) is 13.8 Å². The zero-order chi connectivity index (χ0) is 16.8. The Morgan fingerprint density at radius 2 is 1.81 bits per heavy atom. The number of carbonyl (C=O) groups is 2. The van der Waals surface area contributed by atoms with Gasteiger partial charge in [0.1, 0.15) is 11.6 Å². The lowest BCUT2D eigenvalue weighted by Gasteiger charge is -2.22. The van der Waals surface area contributed by atoms with E-state index >= 15 is 0 Å². The van der Waals surface area contributed by atoms with Crippen molar-refractivity contribution >= 4 is 12.1 Å². The van der Waals surface area contributed by atoms with Crippen LogP contribution < -0.4 is 5.32 Å². The number of carboxylic acids is 1. The Balaban J connectivity index is 4.43. The van der Waals surface area contributed by atoms with E-state index in [0.29, 0.717) is 6.42 Å². The van der Waals surface area contributed by atoms with E-state index in [-0.39, 0.29) is 12.8 Å². The fraction of sp³-hybridized carbons (Fsp3) is 0.846. The quantitative estimate of drug-likeness (QED) is 0.549. The molecule has 21 heavy (non-hydrogen) atoms. The number of amides is 1. The summed E-state index contributed by atoms with van der Waals surface area (Å²) >= 11 is 0. The molecule has 8 nitrogen and oxygen atoms in total. The summed E-state index contributed by atoms with van der Waals surface area (Å²) in [5.41, 5.74) is -1.84. The van der Waals surface area contributed by atoms with Gasteiger partial charge in [0.25, 0.3) is 0 Å². The van der Waals surface area contributed by atoms with Crippen LogP contribution in [0.1, 0.15) is 53.9 Å². The number of nitrogens with one attached hydrogen (secondary N) is 1. The number of carbonyl (C=O) groups excluding carboxylic acids is 1. The molecule has 1 unspecified atom stereocenters. The molecule has 0 aliphatic carbocycles. The van der Waals surface area contributed by atoms with Gasteiger partial charge in [-0.3, -0.25) is 10.1 Å². The number of nitrogens with zero attached hydrogens (tertiary/aromatic N) is 1. The topological polar surface area (TPSA) is 119 Å². The lowest BCUT2D eigenvalue weighted by Crippen LogP contribution is -2.43. The molecule has 0 saturated carbocycles. The van der Waals surface area contributed by atoms with E-state index < -0.39 is 34.2 Å². The van der Waals surface area contributed by atoms with E-state index in [0.717, 1.165) is 0 Å². The number of hydrogen-bond acceptors (Lipinski definition) is 5. The summed E-state index contributed by atoms with van der Waals surface area (Å²) in [5.74, 6) is -1.19. The summed E-state index contributed by atoms with van der Waals surface area (Å²) in [6.07, 6.45) is -0.185. The highest BCUT2D eigenvalue weighted by atomic mass is 16.6. The summed E-state index contributed by atoms with van der Waals surface area (Å²) in [7, 11) is 0. The van der Waals surface area contributed by atoms with Gasteiger partial charge in [-0.05, 0) is 33.6 Å². The number of rotatable bonds is 7.